The van der Waals surface area contributed by atoms with Crippen molar-refractivity contribution in [3.05, 3.63) is 57.5 Å². The van der Waals surface area contributed by atoms with Gasteiger partial charge in [-0.15, -0.1) is 0 Å². The molecular weight excluding hydrogens is 292 g/mol. The number of carbonyl (C=O) groups excluding carboxylic acids is 1. The minimum atomic E-state index is -0.398. The van der Waals surface area contributed by atoms with Gasteiger partial charge < -0.3 is 5.32 Å². The van der Waals surface area contributed by atoms with Gasteiger partial charge in [0.15, 0.2) is 0 Å². The maximum atomic E-state index is 12.2. The summed E-state index contributed by atoms with van der Waals surface area (Å²) >= 11 is 0. The third-order valence-electron chi connectivity index (χ3n) is 3.52. The summed E-state index contributed by atoms with van der Waals surface area (Å²) in [5.41, 5.74) is 2.87. The van der Waals surface area contributed by atoms with Gasteiger partial charge in [0.1, 0.15) is 6.54 Å². The molecule has 2 heterocycles. The molecule has 6 nitrogen and oxygen atoms in total. The molecule has 0 saturated carbocycles. The Morgan fingerprint density at radius 3 is 2.61 bits per heavy atom. The fourth-order valence-corrected chi connectivity index (χ4v) is 2.51. The number of nitrogens with one attached hydrogen (secondary N) is 1. The zero-order chi connectivity index (χ0) is 17.0. The molecule has 0 saturated heterocycles. The lowest BCUT2D eigenvalue weighted by Crippen LogP contribution is -2.39. The van der Waals surface area contributed by atoms with Crippen molar-refractivity contribution in [2.24, 2.45) is 0 Å². The van der Waals surface area contributed by atoms with Crippen molar-refractivity contribution in [3.8, 4) is 0 Å². The summed E-state index contributed by atoms with van der Waals surface area (Å²) in [6.07, 6.45) is 0.646. The number of hydrogen-bond donors (Lipinski definition) is 1. The number of pyridine rings is 1. The second-order valence-electron chi connectivity index (χ2n) is 5.85. The zero-order valence-corrected chi connectivity index (χ0v) is 14.0. The Balaban J connectivity index is 1.98. The smallest absolute Gasteiger partial charge is 0.348 e. The topological polar surface area (TPSA) is 76.9 Å². The highest BCUT2D eigenvalue weighted by molar-refractivity contribution is 5.76. The molecule has 1 amide bonds. The fraction of sp³-hybridized carbons (Fsp3) is 0.412. The van der Waals surface area contributed by atoms with Gasteiger partial charge in [-0.05, 0) is 45.9 Å². The first-order chi connectivity index (χ1) is 10.8. The first kappa shape index (κ1) is 16.9. The summed E-state index contributed by atoms with van der Waals surface area (Å²) in [4.78, 5) is 32.3. The predicted octanol–water partition coefficient (Wildman–Crippen LogP) is 1.31. The second-order valence-corrected chi connectivity index (χ2v) is 5.85. The molecule has 1 atom stereocenters. The van der Waals surface area contributed by atoms with Crippen molar-refractivity contribution >= 4 is 5.91 Å². The first-order valence-corrected chi connectivity index (χ1v) is 7.62. The van der Waals surface area contributed by atoms with Crippen LogP contribution >= 0.6 is 0 Å². The molecule has 0 aliphatic rings. The van der Waals surface area contributed by atoms with Crippen LogP contribution in [0.15, 0.2) is 29.1 Å². The summed E-state index contributed by atoms with van der Waals surface area (Å²) in [6.45, 7) is 7.39. The summed E-state index contributed by atoms with van der Waals surface area (Å²) in [7, 11) is 0. The van der Waals surface area contributed by atoms with Crippen LogP contribution in [-0.4, -0.2) is 26.5 Å². The monoisotopic (exact) mass is 314 g/mol. The zero-order valence-electron chi connectivity index (χ0n) is 14.0. The van der Waals surface area contributed by atoms with E-state index in [4.69, 9.17) is 0 Å². The molecule has 6 heteroatoms. The highest BCUT2D eigenvalue weighted by Gasteiger charge is 2.12. The quantitative estimate of drug-likeness (QED) is 0.903. The number of aryl methyl sites for hydroxylation is 3. The summed E-state index contributed by atoms with van der Waals surface area (Å²) in [5.74, 6) is -0.207. The Morgan fingerprint density at radius 1 is 1.22 bits per heavy atom. The summed E-state index contributed by atoms with van der Waals surface area (Å²) < 4.78 is 1.37. The Labute approximate surface area is 135 Å². The van der Waals surface area contributed by atoms with E-state index >= 15 is 0 Å². The molecule has 2 rings (SSSR count). The van der Waals surface area contributed by atoms with Crippen LogP contribution in [0.2, 0.25) is 0 Å². The van der Waals surface area contributed by atoms with Crippen molar-refractivity contribution in [3.63, 3.8) is 0 Å². The van der Waals surface area contributed by atoms with Crippen LogP contribution in [0.25, 0.3) is 0 Å². The standard InChI is InChI=1S/C17H22N4O2/c1-11-6-5-7-15(18-11)9-13(3)19-16(22)10-21-14(4)8-12(2)20-17(21)23/h5-8,13H,9-10H2,1-4H3,(H,19,22)/t13-/m0/s1. The van der Waals surface area contributed by atoms with Crippen LogP contribution in [0.3, 0.4) is 0 Å². The van der Waals surface area contributed by atoms with Crippen molar-refractivity contribution in [1.29, 1.82) is 0 Å². The van der Waals surface area contributed by atoms with Gasteiger partial charge >= 0.3 is 5.69 Å². The lowest BCUT2D eigenvalue weighted by atomic mass is 10.1. The van der Waals surface area contributed by atoms with E-state index in [1.54, 1.807) is 19.9 Å². The largest absolute Gasteiger partial charge is 0.352 e. The summed E-state index contributed by atoms with van der Waals surface area (Å²) in [5, 5.41) is 2.90. The molecule has 23 heavy (non-hydrogen) atoms. The van der Waals surface area contributed by atoms with Crippen LogP contribution in [0.5, 0.6) is 0 Å². The number of aromatic nitrogens is 3. The number of rotatable bonds is 5. The molecule has 0 unspecified atom stereocenters. The van der Waals surface area contributed by atoms with Gasteiger partial charge in [-0.25, -0.2) is 4.79 Å². The van der Waals surface area contributed by atoms with Gasteiger partial charge in [0, 0.05) is 35.2 Å². The van der Waals surface area contributed by atoms with Gasteiger partial charge in [0.25, 0.3) is 0 Å². The van der Waals surface area contributed by atoms with Crippen LogP contribution in [-0.2, 0) is 17.8 Å². The molecule has 2 aromatic rings. The normalized spacial score (nSPS) is 12.0. The minimum Gasteiger partial charge on any atom is -0.352 e. The molecule has 0 aromatic carbocycles. The Kier molecular flexibility index (Phi) is 5.26. The lowest BCUT2D eigenvalue weighted by Gasteiger charge is -2.15. The molecule has 0 fully saturated rings. The highest BCUT2D eigenvalue weighted by Crippen LogP contribution is 2.02. The highest BCUT2D eigenvalue weighted by atomic mass is 16.2. The molecule has 1 N–H and O–H groups in total. The molecule has 0 aliphatic heterocycles. The van der Waals surface area contributed by atoms with Gasteiger partial charge in [-0.2, -0.15) is 4.98 Å². The van der Waals surface area contributed by atoms with Gasteiger partial charge in [0.05, 0.1) is 0 Å². The van der Waals surface area contributed by atoms with Crippen molar-refractivity contribution in [1.82, 2.24) is 19.9 Å². The SMILES string of the molecule is Cc1cccc(C[C@H](C)NC(=O)Cn2c(C)cc(C)nc2=O)n1. The van der Waals surface area contributed by atoms with E-state index in [2.05, 4.69) is 15.3 Å². The van der Waals surface area contributed by atoms with E-state index in [-0.39, 0.29) is 18.5 Å². The molecular formula is C17H22N4O2. The molecule has 122 valence electrons. The van der Waals surface area contributed by atoms with E-state index in [9.17, 15) is 9.59 Å². The molecule has 0 aliphatic carbocycles. The first-order valence-electron chi connectivity index (χ1n) is 7.62. The maximum Gasteiger partial charge on any atom is 0.348 e. The molecule has 2 aromatic heterocycles. The number of carbonyl (C=O) groups is 1. The third-order valence-corrected chi connectivity index (χ3v) is 3.52. The van der Waals surface area contributed by atoms with Gasteiger partial charge in [0.2, 0.25) is 5.91 Å². The van der Waals surface area contributed by atoms with E-state index in [1.165, 1.54) is 4.57 Å². The summed E-state index contributed by atoms with van der Waals surface area (Å²) in [6, 6.07) is 7.55. The van der Waals surface area contributed by atoms with Crippen molar-refractivity contribution < 1.29 is 4.79 Å². The average molecular weight is 314 g/mol. The number of nitrogens with zero attached hydrogens (tertiary/aromatic N) is 3. The Hall–Kier alpha value is -2.50. The Morgan fingerprint density at radius 2 is 1.96 bits per heavy atom. The maximum absolute atomic E-state index is 12.2. The number of hydrogen-bond acceptors (Lipinski definition) is 4. The number of amides is 1. The van der Waals surface area contributed by atoms with Crippen LogP contribution in [0.1, 0.15) is 29.7 Å². The molecule has 0 spiro atoms. The van der Waals surface area contributed by atoms with E-state index in [0.717, 1.165) is 17.1 Å². The second kappa shape index (κ2) is 7.17. The fourth-order valence-electron chi connectivity index (χ4n) is 2.51. The third kappa shape index (κ3) is 4.74. The molecule has 0 bridgehead atoms. The van der Waals surface area contributed by atoms with E-state index < -0.39 is 5.69 Å². The lowest BCUT2D eigenvalue weighted by molar-refractivity contribution is -0.122. The Bertz CT molecular complexity index is 767. The predicted molar refractivity (Wildman–Crippen MR) is 88.3 cm³/mol. The van der Waals surface area contributed by atoms with Gasteiger partial charge in [-0.1, -0.05) is 6.07 Å². The van der Waals surface area contributed by atoms with Crippen molar-refractivity contribution in [2.45, 2.75) is 46.7 Å². The van der Waals surface area contributed by atoms with Crippen molar-refractivity contribution in [2.75, 3.05) is 0 Å². The van der Waals surface area contributed by atoms with Gasteiger partial charge in [-0.3, -0.25) is 14.3 Å². The van der Waals surface area contributed by atoms with Crippen LogP contribution in [0, 0.1) is 20.8 Å². The van der Waals surface area contributed by atoms with Crippen LogP contribution in [0.4, 0.5) is 0 Å². The molecule has 0 radical (unpaired) electrons. The minimum absolute atomic E-state index is 0.0243. The van der Waals surface area contributed by atoms with Crippen LogP contribution < -0.4 is 11.0 Å². The van der Waals surface area contributed by atoms with E-state index in [1.807, 2.05) is 32.0 Å². The van der Waals surface area contributed by atoms with E-state index in [0.29, 0.717) is 12.1 Å². The average Bonchev–Trinajstić information content (AvgIpc) is 2.42.